The van der Waals surface area contributed by atoms with E-state index in [1.807, 2.05) is 30.1 Å². The van der Waals surface area contributed by atoms with Gasteiger partial charge in [-0.3, -0.25) is 4.79 Å². The van der Waals surface area contributed by atoms with Crippen molar-refractivity contribution in [2.45, 2.75) is 31.8 Å². The van der Waals surface area contributed by atoms with Crippen LogP contribution in [0.5, 0.6) is 0 Å². The molecule has 0 saturated heterocycles. The Bertz CT molecular complexity index is 355. The first kappa shape index (κ1) is 11.2. The van der Waals surface area contributed by atoms with Gasteiger partial charge in [0.25, 0.3) is 0 Å². The maximum absolute atomic E-state index is 11.5. The van der Waals surface area contributed by atoms with Gasteiger partial charge < -0.3 is 15.2 Å². The fraction of sp³-hybridized carbons (Fsp3) is 0.583. The van der Waals surface area contributed by atoms with E-state index in [4.69, 9.17) is 0 Å². The lowest BCUT2D eigenvalue weighted by Gasteiger charge is -2.04. The van der Waals surface area contributed by atoms with Crippen molar-refractivity contribution >= 4 is 5.91 Å². The van der Waals surface area contributed by atoms with Gasteiger partial charge in [0, 0.05) is 45.0 Å². The van der Waals surface area contributed by atoms with E-state index in [9.17, 15) is 4.79 Å². The molecule has 0 aromatic carbocycles. The van der Waals surface area contributed by atoms with Crippen molar-refractivity contribution in [2.75, 3.05) is 6.54 Å². The molecule has 1 aromatic rings. The van der Waals surface area contributed by atoms with Crippen molar-refractivity contribution in [1.29, 1.82) is 0 Å². The predicted octanol–water partition coefficient (Wildman–Crippen LogP) is 0.783. The zero-order valence-corrected chi connectivity index (χ0v) is 9.70. The van der Waals surface area contributed by atoms with Gasteiger partial charge in [0.1, 0.15) is 0 Å². The Morgan fingerprint density at radius 2 is 2.38 bits per heavy atom. The Balaban J connectivity index is 1.59. The van der Waals surface area contributed by atoms with E-state index in [1.165, 1.54) is 12.8 Å². The first-order valence-electron chi connectivity index (χ1n) is 5.85. The molecule has 4 heteroatoms. The van der Waals surface area contributed by atoms with Crippen LogP contribution in [0, 0.1) is 0 Å². The Kier molecular flexibility index (Phi) is 3.62. The van der Waals surface area contributed by atoms with Gasteiger partial charge >= 0.3 is 0 Å². The number of amides is 1. The molecule has 1 aromatic heterocycles. The summed E-state index contributed by atoms with van der Waals surface area (Å²) in [5.41, 5.74) is 1.14. The summed E-state index contributed by atoms with van der Waals surface area (Å²) in [5, 5.41) is 6.24. The van der Waals surface area contributed by atoms with Crippen molar-refractivity contribution < 1.29 is 4.79 Å². The summed E-state index contributed by atoms with van der Waals surface area (Å²) >= 11 is 0. The summed E-state index contributed by atoms with van der Waals surface area (Å²) < 4.78 is 1.98. The molecular formula is C12H19N3O. The van der Waals surface area contributed by atoms with Crippen LogP contribution in [-0.2, 0) is 18.4 Å². The molecule has 0 bridgehead atoms. The second kappa shape index (κ2) is 5.16. The molecule has 0 atom stereocenters. The standard InChI is InChI=1S/C12H19N3O/c1-15-7-5-10(9-15)8-14-12(16)4-6-13-11-2-3-11/h5,7,9,11,13H,2-4,6,8H2,1H3,(H,14,16). The van der Waals surface area contributed by atoms with E-state index < -0.39 is 0 Å². The third-order valence-corrected chi connectivity index (χ3v) is 2.75. The third kappa shape index (κ3) is 3.70. The number of hydrogen-bond acceptors (Lipinski definition) is 2. The van der Waals surface area contributed by atoms with Crippen LogP contribution >= 0.6 is 0 Å². The molecule has 1 fully saturated rings. The van der Waals surface area contributed by atoms with E-state index >= 15 is 0 Å². The van der Waals surface area contributed by atoms with E-state index in [2.05, 4.69) is 10.6 Å². The number of aryl methyl sites for hydroxylation is 1. The second-order valence-electron chi connectivity index (χ2n) is 4.44. The molecule has 0 unspecified atom stereocenters. The first-order chi connectivity index (χ1) is 7.74. The maximum Gasteiger partial charge on any atom is 0.221 e. The normalized spacial score (nSPS) is 15.1. The molecule has 1 aliphatic rings. The highest BCUT2D eigenvalue weighted by atomic mass is 16.1. The van der Waals surface area contributed by atoms with Crippen LogP contribution in [0.15, 0.2) is 18.5 Å². The second-order valence-corrected chi connectivity index (χ2v) is 4.44. The van der Waals surface area contributed by atoms with Crippen LogP contribution in [0.25, 0.3) is 0 Å². The monoisotopic (exact) mass is 221 g/mol. The van der Waals surface area contributed by atoms with E-state index in [0.29, 0.717) is 19.0 Å². The van der Waals surface area contributed by atoms with Gasteiger partial charge in [-0.2, -0.15) is 0 Å². The molecule has 1 saturated carbocycles. The molecule has 1 aliphatic carbocycles. The highest BCUT2D eigenvalue weighted by Gasteiger charge is 2.19. The molecule has 1 heterocycles. The first-order valence-corrected chi connectivity index (χ1v) is 5.85. The van der Waals surface area contributed by atoms with Crippen LogP contribution in [-0.4, -0.2) is 23.1 Å². The van der Waals surface area contributed by atoms with Gasteiger partial charge in [-0.25, -0.2) is 0 Å². The predicted molar refractivity (Wildman–Crippen MR) is 62.9 cm³/mol. The average Bonchev–Trinajstić information content (AvgIpc) is 2.98. The topological polar surface area (TPSA) is 46.1 Å². The summed E-state index contributed by atoms with van der Waals surface area (Å²) in [6.07, 6.45) is 7.11. The highest BCUT2D eigenvalue weighted by Crippen LogP contribution is 2.18. The molecule has 0 spiro atoms. The summed E-state index contributed by atoms with van der Waals surface area (Å²) in [7, 11) is 1.98. The van der Waals surface area contributed by atoms with Crippen LogP contribution in [0.2, 0.25) is 0 Å². The van der Waals surface area contributed by atoms with Gasteiger partial charge in [-0.1, -0.05) is 0 Å². The Labute approximate surface area is 96.0 Å². The minimum absolute atomic E-state index is 0.122. The number of nitrogens with one attached hydrogen (secondary N) is 2. The van der Waals surface area contributed by atoms with Gasteiger partial charge in [-0.15, -0.1) is 0 Å². The number of hydrogen-bond donors (Lipinski definition) is 2. The number of carbonyl (C=O) groups excluding carboxylic acids is 1. The van der Waals surface area contributed by atoms with Gasteiger partial charge in [-0.05, 0) is 24.5 Å². The fourth-order valence-corrected chi connectivity index (χ4v) is 1.63. The summed E-state index contributed by atoms with van der Waals surface area (Å²) in [5.74, 6) is 0.122. The Hall–Kier alpha value is -1.29. The van der Waals surface area contributed by atoms with Crippen molar-refractivity contribution in [1.82, 2.24) is 15.2 Å². The quantitative estimate of drug-likeness (QED) is 0.746. The van der Waals surface area contributed by atoms with Crippen molar-refractivity contribution in [3.63, 3.8) is 0 Å². The van der Waals surface area contributed by atoms with E-state index in [0.717, 1.165) is 12.1 Å². The summed E-state index contributed by atoms with van der Waals surface area (Å²) in [6, 6.07) is 2.70. The Morgan fingerprint density at radius 1 is 1.56 bits per heavy atom. The van der Waals surface area contributed by atoms with Gasteiger partial charge in [0.15, 0.2) is 0 Å². The number of nitrogens with zero attached hydrogens (tertiary/aromatic N) is 1. The summed E-state index contributed by atoms with van der Waals surface area (Å²) in [6.45, 7) is 1.42. The number of rotatable bonds is 6. The van der Waals surface area contributed by atoms with Crippen LogP contribution < -0.4 is 10.6 Å². The minimum Gasteiger partial charge on any atom is -0.357 e. The molecule has 0 radical (unpaired) electrons. The lowest BCUT2D eigenvalue weighted by molar-refractivity contribution is -0.121. The van der Waals surface area contributed by atoms with Crippen molar-refractivity contribution in [3.8, 4) is 0 Å². The smallest absolute Gasteiger partial charge is 0.221 e. The highest BCUT2D eigenvalue weighted by molar-refractivity contribution is 5.76. The van der Waals surface area contributed by atoms with Gasteiger partial charge in [0.2, 0.25) is 5.91 Å². The molecule has 0 aliphatic heterocycles. The molecular weight excluding hydrogens is 202 g/mol. The third-order valence-electron chi connectivity index (χ3n) is 2.75. The summed E-state index contributed by atoms with van der Waals surface area (Å²) in [4.78, 5) is 11.5. The van der Waals surface area contributed by atoms with Gasteiger partial charge in [0.05, 0.1) is 0 Å². The van der Waals surface area contributed by atoms with E-state index in [1.54, 1.807) is 0 Å². The lowest BCUT2D eigenvalue weighted by Crippen LogP contribution is -2.28. The minimum atomic E-state index is 0.122. The van der Waals surface area contributed by atoms with Crippen molar-refractivity contribution in [2.24, 2.45) is 7.05 Å². The molecule has 2 N–H and O–H groups in total. The van der Waals surface area contributed by atoms with Crippen molar-refractivity contribution in [3.05, 3.63) is 24.0 Å². The molecule has 88 valence electrons. The largest absolute Gasteiger partial charge is 0.357 e. The maximum atomic E-state index is 11.5. The molecule has 16 heavy (non-hydrogen) atoms. The number of carbonyl (C=O) groups is 1. The fourth-order valence-electron chi connectivity index (χ4n) is 1.63. The van der Waals surface area contributed by atoms with E-state index in [-0.39, 0.29) is 5.91 Å². The van der Waals surface area contributed by atoms with Crippen LogP contribution in [0.1, 0.15) is 24.8 Å². The SMILES string of the molecule is Cn1ccc(CNC(=O)CCNC2CC2)c1. The molecule has 1 amide bonds. The Morgan fingerprint density at radius 3 is 3.00 bits per heavy atom. The average molecular weight is 221 g/mol. The lowest BCUT2D eigenvalue weighted by atomic mass is 10.3. The van der Waals surface area contributed by atoms with Crippen LogP contribution in [0.4, 0.5) is 0 Å². The molecule has 4 nitrogen and oxygen atoms in total. The number of aromatic nitrogens is 1. The molecule has 2 rings (SSSR count). The zero-order chi connectivity index (χ0) is 11.4. The van der Waals surface area contributed by atoms with Crippen LogP contribution in [0.3, 0.4) is 0 Å². The zero-order valence-electron chi connectivity index (χ0n) is 9.70.